The van der Waals surface area contributed by atoms with E-state index in [1.807, 2.05) is 30.3 Å². The van der Waals surface area contributed by atoms with Crippen molar-refractivity contribution >= 4 is 41.4 Å². The molecule has 2 heterocycles. The maximum atomic E-state index is 13.2. The molecule has 1 spiro atoms. The fourth-order valence-electron chi connectivity index (χ4n) is 4.09. The number of carboxylic acid groups (broad SMARTS) is 1. The molecule has 3 rings (SSSR count). The molecular formula is C22H30N2O5S2. The third kappa shape index (κ3) is 5.96. The number of thioether (sulfide) groups is 2. The van der Waals surface area contributed by atoms with E-state index in [9.17, 15) is 19.5 Å². The highest BCUT2D eigenvalue weighted by Crippen LogP contribution is 2.51. The minimum atomic E-state index is -0.975. The first-order valence-corrected chi connectivity index (χ1v) is 12.6. The van der Waals surface area contributed by atoms with Crippen molar-refractivity contribution in [3.8, 4) is 0 Å². The molecule has 2 aliphatic rings. The van der Waals surface area contributed by atoms with Crippen LogP contribution in [-0.2, 0) is 25.5 Å². The Morgan fingerprint density at radius 2 is 1.94 bits per heavy atom. The molecule has 31 heavy (non-hydrogen) atoms. The van der Waals surface area contributed by atoms with Gasteiger partial charge in [-0.2, -0.15) is 0 Å². The van der Waals surface area contributed by atoms with E-state index in [2.05, 4.69) is 5.32 Å². The number of nitrogens with one attached hydrogen (secondary N) is 1. The molecule has 3 atom stereocenters. The predicted octanol–water partition coefficient (Wildman–Crippen LogP) is 2.39. The first-order valence-electron chi connectivity index (χ1n) is 10.6. The smallest absolute Gasteiger partial charge is 0.326 e. The lowest BCUT2D eigenvalue weighted by Crippen LogP contribution is -2.53. The van der Waals surface area contributed by atoms with Crippen molar-refractivity contribution in [1.29, 1.82) is 0 Å². The average Bonchev–Trinajstić information content (AvgIpc) is 3.38. The molecule has 2 aliphatic heterocycles. The van der Waals surface area contributed by atoms with E-state index in [0.717, 1.165) is 17.1 Å². The summed E-state index contributed by atoms with van der Waals surface area (Å²) in [7, 11) is 0. The van der Waals surface area contributed by atoms with E-state index < -0.39 is 30.1 Å². The summed E-state index contributed by atoms with van der Waals surface area (Å²) in [5.74, 6) is 0.282. The second-order valence-electron chi connectivity index (χ2n) is 7.85. The molecule has 0 saturated carbocycles. The Morgan fingerprint density at radius 1 is 1.26 bits per heavy atom. The van der Waals surface area contributed by atoms with Crippen LogP contribution >= 0.6 is 23.5 Å². The van der Waals surface area contributed by atoms with Gasteiger partial charge in [0.2, 0.25) is 5.91 Å². The van der Waals surface area contributed by atoms with Crippen LogP contribution in [0.3, 0.4) is 0 Å². The van der Waals surface area contributed by atoms with Crippen molar-refractivity contribution in [2.75, 3.05) is 24.7 Å². The first kappa shape index (κ1) is 23.9. The van der Waals surface area contributed by atoms with E-state index in [1.54, 1.807) is 37.4 Å². The number of carboxylic acids is 1. The zero-order chi connectivity index (χ0) is 22.4. The molecule has 170 valence electrons. The molecule has 1 aromatic carbocycles. The van der Waals surface area contributed by atoms with Crippen LogP contribution in [0.15, 0.2) is 30.3 Å². The highest BCUT2D eigenvalue weighted by molar-refractivity contribution is 8.21. The van der Waals surface area contributed by atoms with Gasteiger partial charge in [0.15, 0.2) is 0 Å². The zero-order valence-electron chi connectivity index (χ0n) is 17.9. The van der Waals surface area contributed by atoms with Crippen LogP contribution in [-0.4, -0.2) is 74.7 Å². The number of ether oxygens (including phenoxy) is 1. The maximum absolute atomic E-state index is 13.2. The van der Waals surface area contributed by atoms with Gasteiger partial charge in [0.1, 0.15) is 12.1 Å². The Bertz CT molecular complexity index is 785. The number of aryl methyl sites for hydroxylation is 1. The van der Waals surface area contributed by atoms with E-state index in [4.69, 9.17) is 4.74 Å². The summed E-state index contributed by atoms with van der Waals surface area (Å²) in [5, 5.41) is 12.8. The maximum Gasteiger partial charge on any atom is 0.326 e. The van der Waals surface area contributed by atoms with Crippen LogP contribution in [0.2, 0.25) is 0 Å². The standard InChI is InChI=1S/C22H30N2O5S2/c1-3-29-21(28)17(10-9-16-7-5-4-6-8-16)23-15(2)19(25)24-14-22(30-11-12-31-22)13-18(24)20(26)27/h4-8,15,17-18,23H,3,9-14H2,1-2H3,(H,26,27)/t15-,17?,18?/m0/s1. The van der Waals surface area contributed by atoms with Gasteiger partial charge >= 0.3 is 11.9 Å². The lowest BCUT2D eigenvalue weighted by molar-refractivity contribution is -0.150. The monoisotopic (exact) mass is 466 g/mol. The van der Waals surface area contributed by atoms with Crippen LogP contribution < -0.4 is 5.32 Å². The highest BCUT2D eigenvalue weighted by atomic mass is 32.2. The molecule has 2 unspecified atom stereocenters. The second-order valence-corrected chi connectivity index (χ2v) is 11.1. The minimum Gasteiger partial charge on any atom is -0.480 e. The lowest BCUT2D eigenvalue weighted by Gasteiger charge is -2.28. The van der Waals surface area contributed by atoms with Gasteiger partial charge in [-0.15, -0.1) is 23.5 Å². The number of esters is 1. The van der Waals surface area contributed by atoms with Crippen LogP contribution in [0, 0.1) is 0 Å². The number of carbonyl (C=O) groups excluding carboxylic acids is 2. The Kier molecular flexibility index (Phi) is 8.30. The number of hydrogen-bond donors (Lipinski definition) is 2. The fraction of sp³-hybridized carbons (Fsp3) is 0.591. The molecule has 1 amide bonds. The third-order valence-electron chi connectivity index (χ3n) is 5.63. The molecule has 7 nitrogen and oxygen atoms in total. The summed E-state index contributed by atoms with van der Waals surface area (Å²) in [6.07, 6.45) is 1.60. The van der Waals surface area contributed by atoms with Gasteiger partial charge in [0.05, 0.1) is 16.7 Å². The molecule has 0 aromatic heterocycles. The highest BCUT2D eigenvalue weighted by Gasteiger charge is 2.52. The number of benzene rings is 1. The SMILES string of the molecule is CCOC(=O)C(CCc1ccccc1)N[C@@H](C)C(=O)N1CC2(CC1C(=O)O)SCCS2. The summed E-state index contributed by atoms with van der Waals surface area (Å²) >= 11 is 3.50. The molecule has 2 fully saturated rings. The van der Waals surface area contributed by atoms with Gasteiger partial charge in [-0.1, -0.05) is 30.3 Å². The summed E-state index contributed by atoms with van der Waals surface area (Å²) in [6.45, 7) is 4.11. The molecule has 0 aliphatic carbocycles. The van der Waals surface area contributed by atoms with Gasteiger partial charge < -0.3 is 14.7 Å². The number of carbonyl (C=O) groups is 3. The number of rotatable bonds is 9. The van der Waals surface area contributed by atoms with Gasteiger partial charge in [-0.25, -0.2) is 4.79 Å². The molecule has 9 heteroatoms. The van der Waals surface area contributed by atoms with Crippen molar-refractivity contribution < 1.29 is 24.2 Å². The average molecular weight is 467 g/mol. The van der Waals surface area contributed by atoms with Gasteiger partial charge in [0, 0.05) is 24.5 Å². The quantitative estimate of drug-likeness (QED) is 0.536. The molecule has 1 aromatic rings. The van der Waals surface area contributed by atoms with Crippen molar-refractivity contribution in [2.45, 2.75) is 55.3 Å². The van der Waals surface area contributed by atoms with Crippen molar-refractivity contribution in [3.05, 3.63) is 35.9 Å². The summed E-state index contributed by atoms with van der Waals surface area (Å²) in [5.41, 5.74) is 1.10. The van der Waals surface area contributed by atoms with Gasteiger partial charge in [-0.05, 0) is 32.3 Å². The lowest BCUT2D eigenvalue weighted by atomic mass is 10.0. The third-order valence-corrected chi connectivity index (χ3v) is 9.06. The molecule has 2 saturated heterocycles. The summed E-state index contributed by atoms with van der Waals surface area (Å²) in [4.78, 5) is 39.1. The van der Waals surface area contributed by atoms with Gasteiger partial charge in [0.25, 0.3) is 0 Å². The van der Waals surface area contributed by atoms with E-state index in [-0.39, 0.29) is 16.6 Å². The Labute approximate surface area is 191 Å². The molecule has 2 N–H and O–H groups in total. The Morgan fingerprint density at radius 3 is 2.55 bits per heavy atom. The number of amides is 1. The molecule has 0 radical (unpaired) electrons. The van der Waals surface area contributed by atoms with Crippen LogP contribution in [0.5, 0.6) is 0 Å². The summed E-state index contributed by atoms with van der Waals surface area (Å²) in [6, 6.07) is 7.65. The van der Waals surface area contributed by atoms with Crippen molar-refractivity contribution in [1.82, 2.24) is 10.2 Å². The predicted molar refractivity (Wildman–Crippen MR) is 123 cm³/mol. The largest absolute Gasteiger partial charge is 0.480 e. The molecule has 0 bridgehead atoms. The zero-order valence-corrected chi connectivity index (χ0v) is 19.5. The number of hydrogen-bond acceptors (Lipinski definition) is 7. The number of nitrogens with zero attached hydrogens (tertiary/aromatic N) is 1. The Balaban J connectivity index is 1.67. The van der Waals surface area contributed by atoms with Gasteiger partial charge in [-0.3, -0.25) is 14.9 Å². The van der Waals surface area contributed by atoms with Crippen LogP contribution in [0.1, 0.15) is 32.3 Å². The first-order chi connectivity index (χ1) is 14.8. The van der Waals surface area contributed by atoms with Crippen LogP contribution in [0.25, 0.3) is 0 Å². The normalized spacial score (nSPS) is 21.7. The van der Waals surface area contributed by atoms with Crippen molar-refractivity contribution in [3.63, 3.8) is 0 Å². The second kappa shape index (κ2) is 10.7. The minimum absolute atomic E-state index is 0.230. The topological polar surface area (TPSA) is 95.9 Å². The van der Waals surface area contributed by atoms with Crippen molar-refractivity contribution in [2.24, 2.45) is 0 Å². The van der Waals surface area contributed by atoms with E-state index in [0.29, 0.717) is 25.8 Å². The van der Waals surface area contributed by atoms with Crippen LogP contribution in [0.4, 0.5) is 0 Å². The fourth-order valence-corrected chi connectivity index (χ4v) is 7.34. The molecular weight excluding hydrogens is 436 g/mol. The van der Waals surface area contributed by atoms with E-state index in [1.165, 1.54) is 4.90 Å². The number of likely N-dealkylation sites (tertiary alicyclic amines) is 1. The number of aliphatic carboxylic acids is 1. The summed E-state index contributed by atoms with van der Waals surface area (Å²) < 4.78 is 4.98. The Hall–Kier alpha value is -1.71. The van der Waals surface area contributed by atoms with E-state index >= 15 is 0 Å².